The Morgan fingerprint density at radius 1 is 0.909 bits per heavy atom. The molecule has 2 amide bonds. The zero-order valence-corrected chi connectivity index (χ0v) is 25.2. The van der Waals surface area contributed by atoms with Crippen LogP contribution in [0.5, 0.6) is 5.75 Å². The van der Waals surface area contributed by atoms with E-state index in [1.165, 1.54) is 29.2 Å². The number of likely N-dealkylation sites (tertiary alicyclic amines) is 1. The lowest BCUT2D eigenvalue weighted by atomic mass is 9.90. The largest absolute Gasteiger partial charge is 0.527 e. The van der Waals surface area contributed by atoms with Crippen LogP contribution in [0.1, 0.15) is 46.0 Å². The number of benzene rings is 2. The van der Waals surface area contributed by atoms with Crippen LogP contribution in [0, 0.1) is 11.7 Å². The van der Waals surface area contributed by atoms with Crippen molar-refractivity contribution in [2.75, 3.05) is 53.0 Å². The molecule has 234 valence electrons. The van der Waals surface area contributed by atoms with Gasteiger partial charge in [-0.15, -0.1) is 5.06 Å². The van der Waals surface area contributed by atoms with Gasteiger partial charge < -0.3 is 28.7 Å². The first-order valence-corrected chi connectivity index (χ1v) is 14.8. The van der Waals surface area contributed by atoms with E-state index in [1.807, 2.05) is 0 Å². The van der Waals surface area contributed by atoms with Crippen LogP contribution in [0.2, 0.25) is 0 Å². The fraction of sp³-hybridized carbons (Fsp3) is 0.438. The average molecular weight is 609 g/mol. The van der Waals surface area contributed by atoms with E-state index in [1.54, 1.807) is 53.9 Å². The van der Waals surface area contributed by atoms with Gasteiger partial charge in [-0.05, 0) is 55.9 Å². The van der Waals surface area contributed by atoms with Crippen LogP contribution in [0.4, 0.5) is 9.18 Å². The second-order valence-electron chi connectivity index (χ2n) is 11.1. The number of methoxy groups -OCH3 is 1. The molecule has 5 rings (SSSR count). The maximum Gasteiger partial charge on any atom is 0.527 e. The molecule has 0 unspecified atom stereocenters. The third-order valence-corrected chi connectivity index (χ3v) is 8.31. The second kappa shape index (κ2) is 13.5. The molecule has 0 aliphatic carbocycles. The minimum absolute atomic E-state index is 0.188. The predicted octanol–water partition coefficient (Wildman–Crippen LogP) is 3.84. The molecule has 2 aliphatic heterocycles. The summed E-state index contributed by atoms with van der Waals surface area (Å²) in [5.41, 5.74) is 2.26. The Bertz CT molecular complexity index is 1540. The number of carbonyl (C=O) groups is 4. The summed E-state index contributed by atoms with van der Waals surface area (Å²) in [5.74, 6) is -1.03. The summed E-state index contributed by atoms with van der Waals surface area (Å²) in [6, 6.07) is 9.91. The van der Waals surface area contributed by atoms with Gasteiger partial charge in [-0.2, -0.15) is 0 Å². The van der Waals surface area contributed by atoms with Crippen molar-refractivity contribution in [3.05, 3.63) is 65.1 Å². The highest BCUT2D eigenvalue weighted by Crippen LogP contribution is 2.32. The number of aryl methyl sites for hydroxylation is 1. The van der Waals surface area contributed by atoms with Crippen molar-refractivity contribution in [2.45, 2.75) is 26.2 Å². The second-order valence-corrected chi connectivity index (χ2v) is 11.1. The fourth-order valence-electron chi connectivity index (χ4n) is 5.88. The van der Waals surface area contributed by atoms with E-state index in [2.05, 4.69) is 0 Å². The maximum atomic E-state index is 13.7. The molecule has 0 N–H and O–H groups in total. The average Bonchev–Trinajstić information content (AvgIpc) is 3.36. The lowest BCUT2D eigenvalue weighted by Gasteiger charge is -2.32. The van der Waals surface area contributed by atoms with Crippen LogP contribution in [0.15, 0.2) is 42.6 Å². The number of rotatable bonds is 8. The Hall–Kier alpha value is -4.45. The minimum atomic E-state index is -0.811. The van der Waals surface area contributed by atoms with E-state index in [4.69, 9.17) is 14.3 Å². The molecule has 2 fully saturated rings. The molecule has 12 heteroatoms. The van der Waals surface area contributed by atoms with Gasteiger partial charge in [0, 0.05) is 50.9 Å². The van der Waals surface area contributed by atoms with E-state index >= 15 is 0 Å². The molecule has 44 heavy (non-hydrogen) atoms. The number of hydrogen-bond acceptors (Lipinski definition) is 8. The number of hydroxylamine groups is 2. The van der Waals surface area contributed by atoms with Crippen LogP contribution in [0.3, 0.4) is 0 Å². The molecule has 0 radical (unpaired) electrons. The summed E-state index contributed by atoms with van der Waals surface area (Å²) in [5, 5.41) is 1.89. The third kappa shape index (κ3) is 6.70. The lowest BCUT2D eigenvalue weighted by Crippen LogP contribution is -2.50. The molecule has 0 atom stereocenters. The molecule has 0 bridgehead atoms. The number of piperidine rings is 1. The minimum Gasteiger partial charge on any atom is -0.496 e. The van der Waals surface area contributed by atoms with Crippen molar-refractivity contribution < 1.29 is 37.9 Å². The van der Waals surface area contributed by atoms with Gasteiger partial charge >= 0.3 is 6.16 Å². The summed E-state index contributed by atoms with van der Waals surface area (Å²) in [6.45, 7) is 3.87. The third-order valence-electron chi connectivity index (χ3n) is 8.31. The monoisotopic (exact) mass is 608 g/mol. The van der Waals surface area contributed by atoms with Gasteiger partial charge in [-0.25, -0.2) is 9.18 Å². The van der Waals surface area contributed by atoms with Crippen molar-refractivity contribution in [3.63, 3.8) is 0 Å². The summed E-state index contributed by atoms with van der Waals surface area (Å²) < 4.78 is 25.4. The van der Waals surface area contributed by atoms with E-state index < -0.39 is 17.8 Å². The number of halogens is 1. The highest BCUT2D eigenvalue weighted by Gasteiger charge is 2.32. The van der Waals surface area contributed by atoms with Crippen molar-refractivity contribution in [3.8, 4) is 5.75 Å². The molecule has 11 nitrogen and oxygen atoms in total. The Labute approximate surface area is 255 Å². The molecule has 2 aliphatic rings. The Morgan fingerprint density at radius 3 is 2.23 bits per heavy atom. The highest BCUT2D eigenvalue weighted by molar-refractivity contribution is 6.45. The Kier molecular flexibility index (Phi) is 9.48. The van der Waals surface area contributed by atoms with E-state index in [-0.39, 0.29) is 50.1 Å². The number of fused-ring (bicyclic) bond motifs is 1. The normalized spacial score (nSPS) is 16.2. The molecule has 3 aromatic rings. The number of carbonyl (C=O) groups excluding carboxylic acids is 4. The maximum absolute atomic E-state index is 13.7. The topological polar surface area (TPSA) is 111 Å². The Balaban J connectivity index is 1.28. The van der Waals surface area contributed by atoms with Crippen molar-refractivity contribution in [2.24, 2.45) is 13.0 Å². The van der Waals surface area contributed by atoms with Gasteiger partial charge in [-0.1, -0.05) is 12.1 Å². The number of ketones is 1. The van der Waals surface area contributed by atoms with E-state index in [0.29, 0.717) is 41.2 Å². The SMILES string of the molecule is CCOC(=O)ON1CCN(C(=O)C(=O)c2cn(C)c3cc(OC)c(C(=O)N4CCC(Cc5ccc(F)cc5)CC4)cc23)CC1. The van der Waals surface area contributed by atoms with Crippen LogP contribution < -0.4 is 4.74 Å². The molecular weight excluding hydrogens is 571 g/mol. The van der Waals surface area contributed by atoms with Crippen LogP contribution in [-0.4, -0.2) is 96.2 Å². The van der Waals surface area contributed by atoms with Crippen LogP contribution >= 0.6 is 0 Å². The van der Waals surface area contributed by atoms with Crippen molar-refractivity contribution in [1.82, 2.24) is 19.4 Å². The summed E-state index contributed by atoms with van der Waals surface area (Å²) in [4.78, 5) is 60.4. The van der Waals surface area contributed by atoms with E-state index in [9.17, 15) is 23.6 Å². The number of amides is 2. The van der Waals surface area contributed by atoms with E-state index in [0.717, 1.165) is 24.8 Å². The number of ether oxygens (including phenoxy) is 2. The van der Waals surface area contributed by atoms with Gasteiger partial charge in [0.2, 0.25) is 0 Å². The first kappa shape index (κ1) is 31.0. The number of aromatic nitrogens is 1. The molecular formula is C32H37FN4O7. The first-order valence-electron chi connectivity index (χ1n) is 14.8. The van der Waals surface area contributed by atoms with Crippen LogP contribution in [-0.2, 0) is 27.8 Å². The standard InChI is InChI=1S/C32H37FN4O7/c1-4-43-32(41)44-37-15-13-36(14-16-37)31(40)29(38)26-20-34(2)27-19-28(42-3)25(18-24(26)27)30(39)35-11-9-22(10-12-35)17-21-5-7-23(33)8-6-21/h5-8,18-20,22H,4,9-17H2,1-3H3. The zero-order chi connectivity index (χ0) is 31.4. The molecule has 2 aromatic carbocycles. The van der Waals surface area contributed by atoms with Gasteiger partial charge in [0.25, 0.3) is 17.6 Å². The first-order chi connectivity index (χ1) is 21.2. The summed E-state index contributed by atoms with van der Waals surface area (Å²) in [6.07, 6.45) is 3.24. The molecule has 1 aromatic heterocycles. The summed E-state index contributed by atoms with van der Waals surface area (Å²) >= 11 is 0. The molecule has 3 heterocycles. The van der Waals surface area contributed by atoms with Crippen molar-refractivity contribution >= 4 is 34.7 Å². The fourth-order valence-corrected chi connectivity index (χ4v) is 5.88. The lowest BCUT2D eigenvalue weighted by molar-refractivity contribution is -0.154. The van der Waals surface area contributed by atoms with Gasteiger partial charge in [0.1, 0.15) is 11.6 Å². The molecule has 0 spiro atoms. The smallest absolute Gasteiger partial charge is 0.496 e. The van der Waals surface area contributed by atoms with Gasteiger partial charge in [-0.3, -0.25) is 14.4 Å². The van der Waals surface area contributed by atoms with Gasteiger partial charge in [0.15, 0.2) is 0 Å². The predicted molar refractivity (Wildman–Crippen MR) is 159 cm³/mol. The Morgan fingerprint density at radius 2 is 1.59 bits per heavy atom. The van der Waals surface area contributed by atoms with Crippen molar-refractivity contribution in [1.29, 1.82) is 0 Å². The highest BCUT2D eigenvalue weighted by atomic mass is 19.1. The quantitative estimate of drug-likeness (QED) is 0.216. The molecule has 2 saturated heterocycles. The van der Waals surface area contributed by atoms with Crippen LogP contribution in [0.25, 0.3) is 10.9 Å². The number of piperazine rings is 1. The number of Topliss-reactive ketones (excluding diaryl/α,β-unsaturated/α-hetero) is 1. The zero-order valence-electron chi connectivity index (χ0n) is 25.2. The van der Waals surface area contributed by atoms with Gasteiger partial charge in [0.05, 0.1) is 43.4 Å². The summed E-state index contributed by atoms with van der Waals surface area (Å²) in [7, 11) is 3.26. The number of hydrogen-bond donors (Lipinski definition) is 0. The molecule has 0 saturated carbocycles. The number of nitrogens with zero attached hydrogens (tertiary/aromatic N) is 4.